The highest BCUT2D eigenvalue weighted by Crippen LogP contribution is 2.34. The van der Waals surface area contributed by atoms with Gasteiger partial charge in [-0.05, 0) is 37.3 Å². The summed E-state index contributed by atoms with van der Waals surface area (Å²) in [4.78, 5) is 25.7. The second-order valence-electron chi connectivity index (χ2n) is 5.52. The molecule has 0 aromatic heterocycles. The lowest BCUT2D eigenvalue weighted by Gasteiger charge is -2.29. The van der Waals surface area contributed by atoms with Crippen LogP contribution in [0.2, 0.25) is 0 Å². The van der Waals surface area contributed by atoms with Crippen molar-refractivity contribution >= 4 is 23.2 Å². The Bertz CT molecular complexity index is 753. The van der Waals surface area contributed by atoms with Crippen LogP contribution in [0.3, 0.4) is 0 Å². The molecule has 0 bridgehead atoms. The molecule has 1 aliphatic heterocycles. The Morgan fingerprint density at radius 2 is 1.87 bits per heavy atom. The fourth-order valence-corrected chi connectivity index (χ4v) is 2.53. The predicted molar refractivity (Wildman–Crippen MR) is 89.1 cm³/mol. The van der Waals surface area contributed by atoms with Gasteiger partial charge in [0.05, 0.1) is 12.2 Å². The van der Waals surface area contributed by atoms with Gasteiger partial charge in [-0.2, -0.15) is 0 Å². The second-order valence-corrected chi connectivity index (χ2v) is 5.52. The van der Waals surface area contributed by atoms with E-state index in [-0.39, 0.29) is 11.8 Å². The third-order valence-electron chi connectivity index (χ3n) is 3.77. The molecule has 1 aliphatic rings. The van der Waals surface area contributed by atoms with Crippen molar-refractivity contribution in [3.63, 3.8) is 0 Å². The molecular formula is C18H18N2O3. The molecule has 5 nitrogen and oxygen atoms in total. The number of aryl methyl sites for hydroxylation is 1. The van der Waals surface area contributed by atoms with Crippen molar-refractivity contribution in [1.29, 1.82) is 0 Å². The van der Waals surface area contributed by atoms with Crippen LogP contribution in [0.25, 0.3) is 0 Å². The van der Waals surface area contributed by atoms with E-state index in [9.17, 15) is 9.59 Å². The largest absolute Gasteiger partial charge is 0.490 e. The summed E-state index contributed by atoms with van der Waals surface area (Å²) in [5, 5.41) is 2.85. The quantitative estimate of drug-likeness (QED) is 0.927. The lowest BCUT2D eigenvalue weighted by molar-refractivity contribution is -0.116. The number of benzene rings is 2. The first-order chi connectivity index (χ1) is 11.0. The number of hydrogen-bond acceptors (Lipinski definition) is 3. The lowest BCUT2D eigenvalue weighted by Crippen LogP contribution is -2.36. The van der Waals surface area contributed by atoms with E-state index >= 15 is 0 Å². The highest BCUT2D eigenvalue weighted by molar-refractivity contribution is 6.05. The topological polar surface area (TPSA) is 58.6 Å². The van der Waals surface area contributed by atoms with Crippen LogP contribution >= 0.6 is 0 Å². The molecule has 118 valence electrons. The highest BCUT2D eigenvalue weighted by Gasteiger charge is 2.21. The van der Waals surface area contributed by atoms with Gasteiger partial charge in [-0.25, -0.2) is 0 Å². The summed E-state index contributed by atoms with van der Waals surface area (Å²) in [5.74, 6) is 0.424. The number of amides is 2. The SMILES string of the molecule is CC(=O)N1CCOc2ccc(NC(=O)c3ccc(C)cc3)cc21. The third-order valence-corrected chi connectivity index (χ3v) is 3.77. The van der Waals surface area contributed by atoms with Crippen LogP contribution in [0.15, 0.2) is 42.5 Å². The predicted octanol–water partition coefficient (Wildman–Crippen LogP) is 2.99. The van der Waals surface area contributed by atoms with Crippen LogP contribution < -0.4 is 15.0 Å². The molecule has 2 aromatic carbocycles. The van der Waals surface area contributed by atoms with Gasteiger partial charge in [-0.1, -0.05) is 17.7 Å². The van der Waals surface area contributed by atoms with Gasteiger partial charge in [0.2, 0.25) is 5.91 Å². The van der Waals surface area contributed by atoms with Gasteiger partial charge >= 0.3 is 0 Å². The Labute approximate surface area is 134 Å². The van der Waals surface area contributed by atoms with Gasteiger partial charge in [0.15, 0.2) is 0 Å². The number of nitrogens with one attached hydrogen (secondary N) is 1. The first-order valence-corrected chi connectivity index (χ1v) is 7.47. The molecule has 2 amide bonds. The van der Waals surface area contributed by atoms with Crippen molar-refractivity contribution < 1.29 is 14.3 Å². The van der Waals surface area contributed by atoms with E-state index < -0.39 is 0 Å². The van der Waals surface area contributed by atoms with Crippen LogP contribution in [0.4, 0.5) is 11.4 Å². The average molecular weight is 310 g/mol. The van der Waals surface area contributed by atoms with Gasteiger partial charge in [-0.3, -0.25) is 9.59 Å². The lowest BCUT2D eigenvalue weighted by atomic mass is 10.1. The maximum absolute atomic E-state index is 12.3. The van der Waals surface area contributed by atoms with E-state index in [1.165, 1.54) is 6.92 Å². The standard InChI is InChI=1S/C18H18N2O3/c1-12-3-5-14(6-4-12)18(22)19-15-7-8-17-16(11-15)20(13(2)21)9-10-23-17/h3-8,11H,9-10H2,1-2H3,(H,19,22). The number of anilines is 2. The minimum absolute atomic E-state index is 0.0449. The Morgan fingerprint density at radius 1 is 1.13 bits per heavy atom. The van der Waals surface area contributed by atoms with Gasteiger partial charge in [0, 0.05) is 18.2 Å². The van der Waals surface area contributed by atoms with Gasteiger partial charge < -0.3 is 15.0 Å². The van der Waals surface area contributed by atoms with Crippen molar-refractivity contribution in [2.24, 2.45) is 0 Å². The first-order valence-electron chi connectivity index (χ1n) is 7.47. The zero-order valence-electron chi connectivity index (χ0n) is 13.1. The summed E-state index contributed by atoms with van der Waals surface area (Å²) in [6.07, 6.45) is 0. The summed E-state index contributed by atoms with van der Waals surface area (Å²) < 4.78 is 5.56. The molecule has 1 heterocycles. The third kappa shape index (κ3) is 3.18. The zero-order valence-corrected chi connectivity index (χ0v) is 13.1. The Morgan fingerprint density at radius 3 is 2.57 bits per heavy atom. The van der Waals surface area contributed by atoms with Crippen molar-refractivity contribution in [3.05, 3.63) is 53.6 Å². The molecule has 3 rings (SSSR count). The number of rotatable bonds is 2. The van der Waals surface area contributed by atoms with Crippen LogP contribution in [0, 0.1) is 6.92 Å². The Hall–Kier alpha value is -2.82. The van der Waals surface area contributed by atoms with Gasteiger partial charge in [0.1, 0.15) is 12.4 Å². The zero-order chi connectivity index (χ0) is 16.4. The summed E-state index contributed by atoms with van der Waals surface area (Å²) in [6, 6.07) is 12.7. The van der Waals surface area contributed by atoms with Crippen molar-refractivity contribution in [3.8, 4) is 5.75 Å². The molecular weight excluding hydrogens is 292 g/mol. The molecule has 0 unspecified atom stereocenters. The van der Waals surface area contributed by atoms with Crippen molar-refractivity contribution in [2.75, 3.05) is 23.4 Å². The van der Waals surface area contributed by atoms with E-state index in [2.05, 4.69) is 5.32 Å². The molecule has 0 aliphatic carbocycles. The minimum atomic E-state index is -0.184. The van der Waals surface area contributed by atoms with Crippen LogP contribution in [0.1, 0.15) is 22.8 Å². The van der Waals surface area contributed by atoms with Crippen LogP contribution in [-0.4, -0.2) is 25.0 Å². The average Bonchev–Trinajstić information content (AvgIpc) is 2.54. The minimum Gasteiger partial charge on any atom is -0.490 e. The first kappa shape index (κ1) is 15.1. The molecule has 0 radical (unpaired) electrons. The number of ether oxygens (including phenoxy) is 1. The summed E-state index contributed by atoms with van der Waals surface area (Å²) >= 11 is 0. The maximum Gasteiger partial charge on any atom is 0.255 e. The molecule has 0 saturated heterocycles. The molecule has 0 atom stereocenters. The van der Waals surface area contributed by atoms with Crippen molar-refractivity contribution in [2.45, 2.75) is 13.8 Å². The fourth-order valence-electron chi connectivity index (χ4n) is 2.53. The monoisotopic (exact) mass is 310 g/mol. The number of nitrogens with zero attached hydrogens (tertiary/aromatic N) is 1. The maximum atomic E-state index is 12.3. The van der Waals surface area contributed by atoms with Crippen LogP contribution in [0.5, 0.6) is 5.75 Å². The second kappa shape index (κ2) is 6.12. The van der Waals surface area contributed by atoms with E-state index in [4.69, 9.17) is 4.74 Å². The van der Waals surface area contributed by atoms with E-state index in [1.807, 2.05) is 19.1 Å². The summed E-state index contributed by atoms with van der Waals surface area (Å²) in [6.45, 7) is 4.48. The number of carbonyl (C=O) groups excluding carboxylic acids is 2. The Kier molecular flexibility index (Phi) is 4.02. The fraction of sp³-hybridized carbons (Fsp3) is 0.222. The molecule has 23 heavy (non-hydrogen) atoms. The van der Waals surface area contributed by atoms with E-state index in [0.717, 1.165) is 5.56 Å². The molecule has 5 heteroatoms. The number of hydrogen-bond donors (Lipinski definition) is 1. The summed E-state index contributed by atoms with van der Waals surface area (Å²) in [7, 11) is 0. The molecule has 0 fully saturated rings. The molecule has 1 N–H and O–H groups in total. The van der Waals surface area contributed by atoms with Crippen LogP contribution in [-0.2, 0) is 4.79 Å². The van der Waals surface area contributed by atoms with E-state index in [0.29, 0.717) is 35.8 Å². The van der Waals surface area contributed by atoms with Gasteiger partial charge in [-0.15, -0.1) is 0 Å². The molecule has 0 saturated carbocycles. The smallest absolute Gasteiger partial charge is 0.255 e. The number of fused-ring (bicyclic) bond motifs is 1. The molecule has 0 spiro atoms. The molecule has 2 aromatic rings. The highest BCUT2D eigenvalue weighted by atomic mass is 16.5. The van der Waals surface area contributed by atoms with Gasteiger partial charge in [0.25, 0.3) is 5.91 Å². The Balaban J connectivity index is 1.84. The normalized spacial score (nSPS) is 13.0. The van der Waals surface area contributed by atoms with Crippen molar-refractivity contribution in [1.82, 2.24) is 0 Å². The van der Waals surface area contributed by atoms with E-state index in [1.54, 1.807) is 35.2 Å². The number of carbonyl (C=O) groups is 2. The summed E-state index contributed by atoms with van der Waals surface area (Å²) in [5.41, 5.74) is 3.01.